The first kappa shape index (κ1) is 12.9. The summed E-state index contributed by atoms with van der Waals surface area (Å²) in [5.74, 6) is 0.708. The lowest BCUT2D eigenvalue weighted by Gasteiger charge is -2.05. The molecule has 1 aliphatic rings. The van der Waals surface area contributed by atoms with Gasteiger partial charge in [-0.2, -0.15) is 5.26 Å². The van der Waals surface area contributed by atoms with Gasteiger partial charge >= 0.3 is 0 Å². The molecule has 0 unspecified atom stereocenters. The lowest BCUT2D eigenvalue weighted by Crippen LogP contribution is -2.01. The molecule has 0 bridgehead atoms. The zero-order valence-electron chi connectivity index (χ0n) is 10.3. The van der Waals surface area contributed by atoms with Crippen molar-refractivity contribution in [1.29, 1.82) is 5.26 Å². The maximum absolute atomic E-state index is 10.7. The quantitative estimate of drug-likeness (QED) is 0.828. The van der Waals surface area contributed by atoms with Crippen molar-refractivity contribution < 1.29 is 4.79 Å². The topological polar surface area (TPSA) is 40.9 Å². The molecule has 0 heterocycles. The first-order valence-corrected chi connectivity index (χ1v) is 6.96. The highest BCUT2D eigenvalue weighted by molar-refractivity contribution is 8.13. The Morgan fingerprint density at radius 3 is 2.61 bits per heavy atom. The number of thioether (sulfide) groups is 1. The van der Waals surface area contributed by atoms with E-state index in [2.05, 4.69) is 6.07 Å². The van der Waals surface area contributed by atoms with Crippen molar-refractivity contribution >= 4 is 23.0 Å². The molecule has 3 heteroatoms. The number of hydrogen-bond acceptors (Lipinski definition) is 3. The number of rotatable bonds is 4. The highest BCUT2D eigenvalue weighted by Gasteiger charge is 2.44. The van der Waals surface area contributed by atoms with Crippen LogP contribution in [0.15, 0.2) is 30.3 Å². The monoisotopic (exact) mass is 257 g/mol. The van der Waals surface area contributed by atoms with E-state index < -0.39 is 0 Å². The van der Waals surface area contributed by atoms with Crippen molar-refractivity contribution in [3.8, 4) is 6.07 Å². The van der Waals surface area contributed by atoms with E-state index >= 15 is 0 Å². The summed E-state index contributed by atoms with van der Waals surface area (Å²) < 4.78 is 0. The van der Waals surface area contributed by atoms with E-state index in [1.807, 2.05) is 36.4 Å². The summed E-state index contributed by atoms with van der Waals surface area (Å²) in [6, 6.07) is 10.5. The molecule has 0 amide bonds. The second kappa shape index (κ2) is 5.41. The van der Waals surface area contributed by atoms with Crippen molar-refractivity contribution in [2.45, 2.75) is 25.2 Å². The first-order chi connectivity index (χ1) is 8.66. The minimum absolute atomic E-state index is 0.139. The fraction of sp³-hybridized carbons (Fsp3) is 0.333. The number of nitriles is 1. The zero-order chi connectivity index (χ0) is 13.0. The minimum Gasteiger partial charge on any atom is -0.288 e. The van der Waals surface area contributed by atoms with Gasteiger partial charge in [-0.3, -0.25) is 4.79 Å². The SMILES string of the molecule is CC(=O)SCC=Cc1ccc(C2(C#N)CC2)cc1. The molecular weight excluding hydrogens is 242 g/mol. The summed E-state index contributed by atoms with van der Waals surface area (Å²) in [6.07, 6.45) is 5.95. The number of carbonyl (C=O) groups excluding carboxylic acids is 1. The predicted octanol–water partition coefficient (Wildman–Crippen LogP) is 3.53. The van der Waals surface area contributed by atoms with Gasteiger partial charge in [0.1, 0.15) is 0 Å². The molecule has 18 heavy (non-hydrogen) atoms. The van der Waals surface area contributed by atoms with Crippen LogP contribution in [-0.4, -0.2) is 10.9 Å². The Kier molecular flexibility index (Phi) is 3.88. The van der Waals surface area contributed by atoms with Crippen LogP contribution in [0.5, 0.6) is 0 Å². The third kappa shape index (κ3) is 3.02. The van der Waals surface area contributed by atoms with Crippen molar-refractivity contribution in [1.82, 2.24) is 0 Å². The van der Waals surface area contributed by atoms with Gasteiger partial charge in [0.05, 0.1) is 11.5 Å². The third-order valence-electron chi connectivity index (χ3n) is 3.12. The van der Waals surface area contributed by atoms with Crippen molar-refractivity contribution in [2.24, 2.45) is 0 Å². The summed E-state index contributed by atoms with van der Waals surface area (Å²) >= 11 is 1.30. The van der Waals surface area contributed by atoms with Crippen LogP contribution in [-0.2, 0) is 10.2 Å². The second-order valence-corrected chi connectivity index (χ2v) is 5.72. The van der Waals surface area contributed by atoms with Crippen LogP contribution in [0.1, 0.15) is 30.9 Å². The van der Waals surface area contributed by atoms with Crippen LogP contribution >= 0.6 is 11.8 Å². The molecule has 1 saturated carbocycles. The Hall–Kier alpha value is -1.53. The lowest BCUT2D eigenvalue weighted by atomic mass is 9.97. The Morgan fingerprint density at radius 2 is 2.11 bits per heavy atom. The zero-order valence-corrected chi connectivity index (χ0v) is 11.2. The maximum atomic E-state index is 10.7. The van der Waals surface area contributed by atoms with Gasteiger partial charge in [-0.25, -0.2) is 0 Å². The summed E-state index contributed by atoms with van der Waals surface area (Å²) in [4.78, 5) is 10.7. The molecule has 0 radical (unpaired) electrons. The molecular formula is C15H15NOS. The summed E-state index contributed by atoms with van der Waals surface area (Å²) in [5.41, 5.74) is 2.03. The molecule has 1 fully saturated rings. The Labute approximate surface area is 112 Å². The molecule has 2 nitrogen and oxygen atoms in total. The number of carbonyl (C=O) groups is 1. The van der Waals surface area contributed by atoms with Gasteiger partial charge in [0.25, 0.3) is 0 Å². The molecule has 92 valence electrons. The van der Waals surface area contributed by atoms with Crippen molar-refractivity contribution in [3.63, 3.8) is 0 Å². The molecule has 1 aliphatic carbocycles. The molecule has 1 aromatic rings. The molecule has 2 rings (SSSR count). The molecule has 0 N–H and O–H groups in total. The van der Waals surface area contributed by atoms with Crippen LogP contribution in [0.2, 0.25) is 0 Å². The fourth-order valence-corrected chi connectivity index (χ4v) is 2.28. The summed E-state index contributed by atoms with van der Waals surface area (Å²) in [6.45, 7) is 1.57. The molecule has 0 saturated heterocycles. The van der Waals surface area contributed by atoms with Crippen molar-refractivity contribution in [3.05, 3.63) is 41.5 Å². The number of benzene rings is 1. The fourth-order valence-electron chi connectivity index (χ4n) is 1.85. The van der Waals surface area contributed by atoms with E-state index in [1.165, 1.54) is 11.8 Å². The molecule has 1 aromatic carbocycles. The van der Waals surface area contributed by atoms with Gasteiger partial charge in [0.2, 0.25) is 0 Å². The number of hydrogen-bond donors (Lipinski definition) is 0. The molecule has 0 atom stereocenters. The lowest BCUT2D eigenvalue weighted by molar-refractivity contribution is -0.109. The van der Waals surface area contributed by atoms with Crippen LogP contribution in [0.25, 0.3) is 6.08 Å². The Bertz CT molecular complexity index is 506. The molecule has 0 aliphatic heterocycles. The second-order valence-electron chi connectivity index (χ2n) is 4.52. The average Bonchev–Trinajstić information content (AvgIpc) is 3.16. The highest BCUT2D eigenvalue weighted by Crippen LogP contribution is 2.47. The Balaban J connectivity index is 1.96. The largest absolute Gasteiger partial charge is 0.288 e. The minimum atomic E-state index is -0.202. The summed E-state index contributed by atoms with van der Waals surface area (Å²) in [5, 5.41) is 9.24. The van der Waals surface area contributed by atoms with Crippen LogP contribution in [0.3, 0.4) is 0 Å². The normalized spacial score (nSPS) is 16.4. The standard InChI is InChI=1S/C15H15NOS/c1-12(17)18-10-2-3-13-4-6-14(7-5-13)15(11-16)8-9-15/h2-7H,8-10H2,1H3. The van der Waals surface area contributed by atoms with Gasteiger partial charge in [-0.15, -0.1) is 0 Å². The average molecular weight is 257 g/mol. The van der Waals surface area contributed by atoms with Gasteiger partial charge in [-0.05, 0) is 24.0 Å². The number of nitrogens with zero attached hydrogens (tertiary/aromatic N) is 1. The molecule has 0 spiro atoms. The predicted molar refractivity (Wildman–Crippen MR) is 75.1 cm³/mol. The molecule has 0 aromatic heterocycles. The van der Waals surface area contributed by atoms with Crippen LogP contribution < -0.4 is 0 Å². The van der Waals surface area contributed by atoms with E-state index in [4.69, 9.17) is 5.26 Å². The highest BCUT2D eigenvalue weighted by atomic mass is 32.2. The van der Waals surface area contributed by atoms with E-state index in [-0.39, 0.29) is 10.5 Å². The van der Waals surface area contributed by atoms with Crippen LogP contribution in [0.4, 0.5) is 0 Å². The smallest absolute Gasteiger partial charge is 0.186 e. The van der Waals surface area contributed by atoms with E-state index in [0.717, 1.165) is 24.0 Å². The van der Waals surface area contributed by atoms with E-state index in [0.29, 0.717) is 5.75 Å². The van der Waals surface area contributed by atoms with Crippen LogP contribution in [0, 0.1) is 11.3 Å². The summed E-state index contributed by atoms with van der Waals surface area (Å²) in [7, 11) is 0. The van der Waals surface area contributed by atoms with E-state index in [9.17, 15) is 4.79 Å². The maximum Gasteiger partial charge on any atom is 0.186 e. The first-order valence-electron chi connectivity index (χ1n) is 5.98. The van der Waals surface area contributed by atoms with Crippen molar-refractivity contribution in [2.75, 3.05) is 5.75 Å². The Morgan fingerprint density at radius 1 is 1.44 bits per heavy atom. The van der Waals surface area contributed by atoms with E-state index in [1.54, 1.807) is 6.92 Å². The van der Waals surface area contributed by atoms with Gasteiger partial charge in [0, 0.05) is 12.7 Å². The van der Waals surface area contributed by atoms with Gasteiger partial charge in [-0.1, -0.05) is 48.2 Å². The van der Waals surface area contributed by atoms with Gasteiger partial charge < -0.3 is 0 Å². The van der Waals surface area contributed by atoms with Gasteiger partial charge in [0.15, 0.2) is 5.12 Å². The third-order valence-corrected chi connectivity index (χ3v) is 3.89.